The van der Waals surface area contributed by atoms with Gasteiger partial charge in [0.25, 0.3) is 0 Å². The molecule has 0 aliphatic rings. The van der Waals surface area contributed by atoms with Gasteiger partial charge >= 0.3 is 0 Å². The molecule has 5 nitrogen and oxygen atoms in total. The quantitative estimate of drug-likeness (QED) is 0.477. The molecule has 0 aliphatic carbocycles. The highest BCUT2D eigenvalue weighted by Crippen LogP contribution is 2.27. The van der Waals surface area contributed by atoms with Crippen LogP contribution in [0.15, 0.2) is 63.5 Å². The van der Waals surface area contributed by atoms with Crippen LogP contribution in [0.4, 0.5) is 0 Å². The van der Waals surface area contributed by atoms with Gasteiger partial charge in [0.1, 0.15) is 11.3 Å². The Kier molecular flexibility index (Phi) is 4.49. The van der Waals surface area contributed by atoms with E-state index in [0.29, 0.717) is 23.3 Å². The van der Waals surface area contributed by atoms with Crippen LogP contribution in [0.25, 0.3) is 22.4 Å². The van der Waals surface area contributed by atoms with E-state index in [-0.39, 0.29) is 6.04 Å². The minimum Gasteiger partial charge on any atom is -0.459 e. The lowest BCUT2D eigenvalue weighted by molar-refractivity contribution is 0.198. The average molecular weight is 368 g/mol. The highest BCUT2D eigenvalue weighted by Gasteiger charge is 2.19. The van der Waals surface area contributed by atoms with Crippen molar-refractivity contribution in [2.45, 2.75) is 19.5 Å². The third kappa shape index (κ3) is 3.36. The molecule has 1 atom stereocenters. The topological polar surface area (TPSA) is 55.3 Å². The molecular weight excluding hydrogens is 350 g/mol. The Bertz CT molecular complexity index is 990. The van der Waals surface area contributed by atoms with Crippen LogP contribution in [0.1, 0.15) is 24.6 Å². The van der Waals surface area contributed by atoms with E-state index in [2.05, 4.69) is 28.0 Å². The normalized spacial score (nSPS) is 12.8. The Hall–Kier alpha value is -2.63. The van der Waals surface area contributed by atoms with Crippen molar-refractivity contribution in [1.82, 2.24) is 15.0 Å². The van der Waals surface area contributed by atoms with Gasteiger partial charge in [0.2, 0.25) is 11.7 Å². The number of furan rings is 1. The summed E-state index contributed by atoms with van der Waals surface area (Å²) in [5, 5.41) is 5.84. The lowest BCUT2D eigenvalue weighted by atomic mass is 10.2. The molecule has 0 saturated heterocycles. The highest BCUT2D eigenvalue weighted by molar-refractivity contribution is 6.30. The second kappa shape index (κ2) is 6.94. The molecule has 2 aromatic carbocycles. The first-order valence-corrected chi connectivity index (χ1v) is 8.75. The van der Waals surface area contributed by atoms with Gasteiger partial charge in [-0.1, -0.05) is 35.0 Å². The first-order chi connectivity index (χ1) is 12.6. The smallest absolute Gasteiger partial charge is 0.241 e. The summed E-state index contributed by atoms with van der Waals surface area (Å²) in [5.74, 6) is 2.02. The van der Waals surface area contributed by atoms with Crippen LogP contribution in [0.2, 0.25) is 5.02 Å². The SMILES string of the molecule is CC(c1cc2ccccc2o1)N(C)Cc1nc(-c2ccc(Cl)cc2)no1. The second-order valence-electron chi connectivity index (χ2n) is 6.30. The number of halogens is 1. The zero-order valence-electron chi connectivity index (χ0n) is 14.5. The van der Waals surface area contributed by atoms with E-state index in [1.54, 1.807) is 0 Å². The zero-order valence-corrected chi connectivity index (χ0v) is 15.3. The van der Waals surface area contributed by atoms with Crippen molar-refractivity contribution in [2.75, 3.05) is 7.05 Å². The number of hydrogen-bond donors (Lipinski definition) is 0. The van der Waals surface area contributed by atoms with Gasteiger partial charge in [0.15, 0.2) is 0 Å². The Morgan fingerprint density at radius 1 is 1.12 bits per heavy atom. The van der Waals surface area contributed by atoms with Crippen LogP contribution in [-0.4, -0.2) is 22.1 Å². The third-order valence-corrected chi connectivity index (χ3v) is 4.72. The van der Waals surface area contributed by atoms with Gasteiger partial charge in [-0.2, -0.15) is 4.98 Å². The maximum atomic E-state index is 5.95. The van der Waals surface area contributed by atoms with Gasteiger partial charge in [-0.3, -0.25) is 4.90 Å². The molecule has 0 radical (unpaired) electrons. The van der Waals surface area contributed by atoms with Crippen LogP contribution < -0.4 is 0 Å². The second-order valence-corrected chi connectivity index (χ2v) is 6.73. The Morgan fingerprint density at radius 2 is 1.88 bits per heavy atom. The lowest BCUT2D eigenvalue weighted by Crippen LogP contribution is -2.21. The highest BCUT2D eigenvalue weighted by atomic mass is 35.5. The van der Waals surface area contributed by atoms with Gasteiger partial charge in [-0.05, 0) is 50.4 Å². The monoisotopic (exact) mass is 367 g/mol. The molecule has 0 aliphatic heterocycles. The van der Waals surface area contributed by atoms with Gasteiger partial charge in [0.05, 0.1) is 12.6 Å². The van der Waals surface area contributed by atoms with Crippen molar-refractivity contribution in [3.63, 3.8) is 0 Å². The summed E-state index contributed by atoms with van der Waals surface area (Å²) in [7, 11) is 2.00. The number of aromatic nitrogens is 2. The number of fused-ring (bicyclic) bond motifs is 1. The van der Waals surface area contributed by atoms with E-state index >= 15 is 0 Å². The zero-order chi connectivity index (χ0) is 18.1. The van der Waals surface area contributed by atoms with Crippen molar-refractivity contribution in [3.8, 4) is 11.4 Å². The van der Waals surface area contributed by atoms with Crippen LogP contribution >= 0.6 is 11.6 Å². The van der Waals surface area contributed by atoms with E-state index in [9.17, 15) is 0 Å². The van der Waals surface area contributed by atoms with Crippen molar-refractivity contribution in [3.05, 3.63) is 71.3 Å². The van der Waals surface area contributed by atoms with E-state index in [0.717, 1.165) is 22.3 Å². The Morgan fingerprint density at radius 3 is 2.65 bits per heavy atom. The molecule has 0 bridgehead atoms. The molecular formula is C20H18ClN3O2. The van der Waals surface area contributed by atoms with Crippen LogP contribution in [0.3, 0.4) is 0 Å². The fourth-order valence-electron chi connectivity index (χ4n) is 2.81. The fraction of sp³-hybridized carbons (Fsp3) is 0.200. The minimum atomic E-state index is 0.0771. The molecule has 4 rings (SSSR count). The molecule has 0 amide bonds. The van der Waals surface area contributed by atoms with E-state index < -0.39 is 0 Å². The van der Waals surface area contributed by atoms with Crippen molar-refractivity contribution >= 4 is 22.6 Å². The molecule has 6 heteroatoms. The Balaban J connectivity index is 1.49. The van der Waals surface area contributed by atoms with Crippen LogP contribution in [-0.2, 0) is 6.54 Å². The molecule has 132 valence electrons. The molecule has 0 spiro atoms. The van der Waals surface area contributed by atoms with E-state index in [1.165, 1.54) is 0 Å². The number of benzene rings is 2. The Labute approximate surface area is 156 Å². The number of para-hydroxylation sites is 1. The van der Waals surface area contributed by atoms with Crippen LogP contribution in [0, 0.1) is 0 Å². The fourth-order valence-corrected chi connectivity index (χ4v) is 2.94. The average Bonchev–Trinajstić information content (AvgIpc) is 3.28. The molecule has 2 aromatic heterocycles. The molecule has 4 aromatic rings. The summed E-state index contributed by atoms with van der Waals surface area (Å²) in [4.78, 5) is 6.58. The van der Waals surface area contributed by atoms with Crippen molar-refractivity contribution < 1.29 is 8.94 Å². The minimum absolute atomic E-state index is 0.0771. The van der Waals surface area contributed by atoms with E-state index in [4.69, 9.17) is 20.5 Å². The summed E-state index contributed by atoms with van der Waals surface area (Å²) < 4.78 is 11.4. The number of rotatable bonds is 5. The molecule has 0 N–H and O–H groups in total. The van der Waals surface area contributed by atoms with Gasteiger partial charge in [-0.15, -0.1) is 0 Å². The standard InChI is InChI=1S/C20H18ClN3O2/c1-13(18-11-15-5-3-4-6-17(15)25-18)24(2)12-19-22-20(23-26-19)14-7-9-16(21)10-8-14/h3-11,13H,12H2,1-2H3. The molecule has 2 heterocycles. The van der Waals surface area contributed by atoms with Gasteiger partial charge in [0, 0.05) is 16.0 Å². The third-order valence-electron chi connectivity index (χ3n) is 4.47. The molecule has 0 fully saturated rings. The first kappa shape index (κ1) is 16.8. The predicted molar refractivity (Wildman–Crippen MR) is 101 cm³/mol. The lowest BCUT2D eigenvalue weighted by Gasteiger charge is -2.20. The summed E-state index contributed by atoms with van der Waals surface area (Å²) in [5.41, 5.74) is 1.77. The summed E-state index contributed by atoms with van der Waals surface area (Å²) in [6, 6.07) is 17.5. The first-order valence-electron chi connectivity index (χ1n) is 8.37. The molecule has 26 heavy (non-hydrogen) atoms. The molecule has 1 unspecified atom stereocenters. The summed E-state index contributed by atoms with van der Waals surface area (Å²) >= 11 is 5.92. The maximum absolute atomic E-state index is 5.95. The largest absolute Gasteiger partial charge is 0.459 e. The maximum Gasteiger partial charge on any atom is 0.241 e. The predicted octanol–water partition coefficient (Wildman–Crippen LogP) is 5.33. The summed E-state index contributed by atoms with van der Waals surface area (Å²) in [6.45, 7) is 2.62. The van der Waals surface area contributed by atoms with Crippen LogP contribution in [0.5, 0.6) is 0 Å². The van der Waals surface area contributed by atoms with Gasteiger partial charge < -0.3 is 8.94 Å². The van der Waals surface area contributed by atoms with Gasteiger partial charge in [-0.25, -0.2) is 0 Å². The summed E-state index contributed by atoms with van der Waals surface area (Å²) in [6.07, 6.45) is 0. The molecule has 0 saturated carbocycles. The van der Waals surface area contributed by atoms with Crippen molar-refractivity contribution in [2.24, 2.45) is 0 Å². The number of hydrogen-bond acceptors (Lipinski definition) is 5. The van der Waals surface area contributed by atoms with Crippen molar-refractivity contribution in [1.29, 1.82) is 0 Å². The number of nitrogens with zero attached hydrogens (tertiary/aromatic N) is 3. The van der Waals surface area contributed by atoms with E-state index in [1.807, 2.05) is 55.6 Å².